The highest BCUT2D eigenvalue weighted by Crippen LogP contribution is 2.19. The Hall–Kier alpha value is -3.15. The normalized spacial score (nSPS) is 10.6. The number of carboxylic acids is 1. The molecule has 0 aliphatic heterocycles. The van der Waals surface area contributed by atoms with Gasteiger partial charge in [-0.05, 0) is 42.2 Å². The predicted octanol–water partition coefficient (Wildman–Crippen LogP) is 3.46. The number of H-pyrrole nitrogens is 1. The molecule has 0 spiro atoms. The molecule has 0 radical (unpaired) electrons. The number of benzene rings is 1. The maximum absolute atomic E-state index is 10.7. The van der Waals surface area contributed by atoms with Crippen LogP contribution < -0.4 is 4.74 Å². The number of hydrogen-bond donors (Lipinski definition) is 2. The maximum atomic E-state index is 10.7. The average molecular weight is 337 g/mol. The summed E-state index contributed by atoms with van der Waals surface area (Å²) >= 11 is 0. The van der Waals surface area contributed by atoms with E-state index in [0.29, 0.717) is 18.8 Å². The first-order valence-corrected chi connectivity index (χ1v) is 8.09. The van der Waals surface area contributed by atoms with Gasteiger partial charge in [-0.1, -0.05) is 24.3 Å². The summed E-state index contributed by atoms with van der Waals surface area (Å²) in [5.41, 5.74) is 3.84. The lowest BCUT2D eigenvalue weighted by Gasteiger charge is -2.11. The number of rotatable bonds is 8. The standard InChI is InChI=1S/C19H19N3O3/c23-19(24)7-3-6-14-4-1-2-5-15(14)13-25-16-8-9-17(20-12-16)18-10-11-21-22-18/h1-2,4-5,8-12H,3,6-7,13H2,(H,21,22)(H,23,24). The number of aryl methyl sites for hydroxylation is 1. The van der Waals surface area contributed by atoms with E-state index in [1.807, 2.05) is 42.5 Å². The SMILES string of the molecule is O=C(O)CCCc1ccccc1COc1ccc(-c2ccn[nH]2)nc1. The molecule has 0 saturated carbocycles. The summed E-state index contributed by atoms with van der Waals surface area (Å²) in [6, 6.07) is 13.5. The minimum atomic E-state index is -0.767. The van der Waals surface area contributed by atoms with Crippen molar-refractivity contribution in [1.29, 1.82) is 0 Å². The van der Waals surface area contributed by atoms with Crippen LogP contribution in [0.25, 0.3) is 11.4 Å². The van der Waals surface area contributed by atoms with Crippen LogP contribution in [0.2, 0.25) is 0 Å². The predicted molar refractivity (Wildman–Crippen MR) is 93.2 cm³/mol. The van der Waals surface area contributed by atoms with Crippen molar-refractivity contribution in [3.63, 3.8) is 0 Å². The molecule has 2 aromatic heterocycles. The number of aromatic amines is 1. The molecule has 2 N–H and O–H groups in total. The van der Waals surface area contributed by atoms with Crippen LogP contribution in [0.4, 0.5) is 0 Å². The molecule has 0 unspecified atom stereocenters. The molecule has 0 aliphatic carbocycles. The second-order valence-corrected chi connectivity index (χ2v) is 5.65. The molecule has 0 bridgehead atoms. The zero-order chi connectivity index (χ0) is 17.5. The maximum Gasteiger partial charge on any atom is 0.303 e. The molecular formula is C19H19N3O3. The average Bonchev–Trinajstić information content (AvgIpc) is 3.16. The zero-order valence-electron chi connectivity index (χ0n) is 13.7. The van der Waals surface area contributed by atoms with E-state index in [-0.39, 0.29) is 6.42 Å². The molecular weight excluding hydrogens is 318 g/mol. The number of ether oxygens (including phenoxy) is 1. The Balaban J connectivity index is 1.60. The van der Waals surface area contributed by atoms with Crippen molar-refractivity contribution in [2.24, 2.45) is 0 Å². The van der Waals surface area contributed by atoms with E-state index in [0.717, 1.165) is 28.9 Å². The summed E-state index contributed by atoms with van der Waals surface area (Å²) in [6.07, 6.45) is 4.88. The van der Waals surface area contributed by atoms with Crippen molar-refractivity contribution >= 4 is 5.97 Å². The van der Waals surface area contributed by atoms with E-state index in [9.17, 15) is 4.79 Å². The van der Waals surface area contributed by atoms with Gasteiger partial charge in [0.2, 0.25) is 0 Å². The summed E-state index contributed by atoms with van der Waals surface area (Å²) in [7, 11) is 0. The second kappa shape index (κ2) is 8.10. The van der Waals surface area contributed by atoms with Crippen LogP contribution >= 0.6 is 0 Å². The van der Waals surface area contributed by atoms with Crippen molar-refractivity contribution in [1.82, 2.24) is 15.2 Å². The topological polar surface area (TPSA) is 88.1 Å². The monoisotopic (exact) mass is 337 g/mol. The molecule has 25 heavy (non-hydrogen) atoms. The first kappa shape index (κ1) is 16.7. The zero-order valence-corrected chi connectivity index (χ0v) is 13.7. The molecule has 128 valence electrons. The van der Waals surface area contributed by atoms with Crippen molar-refractivity contribution < 1.29 is 14.6 Å². The van der Waals surface area contributed by atoms with Gasteiger partial charge in [-0.2, -0.15) is 5.10 Å². The van der Waals surface area contributed by atoms with Gasteiger partial charge in [0, 0.05) is 12.6 Å². The molecule has 0 amide bonds. The molecule has 2 heterocycles. The Bertz CT molecular complexity index is 814. The van der Waals surface area contributed by atoms with E-state index in [1.54, 1.807) is 12.4 Å². The Kier molecular flexibility index (Phi) is 5.41. The van der Waals surface area contributed by atoms with Crippen LogP contribution in [0.3, 0.4) is 0 Å². The number of aliphatic carboxylic acids is 1. The van der Waals surface area contributed by atoms with E-state index in [1.165, 1.54) is 0 Å². The second-order valence-electron chi connectivity index (χ2n) is 5.65. The highest BCUT2D eigenvalue weighted by atomic mass is 16.5. The van der Waals surface area contributed by atoms with Gasteiger partial charge in [-0.25, -0.2) is 0 Å². The van der Waals surface area contributed by atoms with Crippen LogP contribution in [0, 0.1) is 0 Å². The first-order chi connectivity index (χ1) is 12.2. The van der Waals surface area contributed by atoms with Crippen LogP contribution in [-0.4, -0.2) is 26.3 Å². The van der Waals surface area contributed by atoms with Gasteiger partial charge in [0.15, 0.2) is 0 Å². The molecule has 0 saturated heterocycles. The Morgan fingerprint density at radius 2 is 1.96 bits per heavy atom. The molecule has 6 heteroatoms. The largest absolute Gasteiger partial charge is 0.487 e. The fraction of sp³-hybridized carbons (Fsp3) is 0.211. The van der Waals surface area contributed by atoms with Crippen molar-refractivity contribution in [3.05, 3.63) is 66.0 Å². The van der Waals surface area contributed by atoms with Gasteiger partial charge in [0.1, 0.15) is 12.4 Å². The molecule has 3 aromatic rings. The number of aromatic nitrogens is 3. The highest BCUT2D eigenvalue weighted by Gasteiger charge is 2.06. The minimum absolute atomic E-state index is 0.175. The Labute approximate surface area is 145 Å². The molecule has 0 fully saturated rings. The van der Waals surface area contributed by atoms with Crippen LogP contribution in [0.5, 0.6) is 5.75 Å². The van der Waals surface area contributed by atoms with Crippen LogP contribution in [0.15, 0.2) is 54.9 Å². The Morgan fingerprint density at radius 1 is 1.12 bits per heavy atom. The molecule has 0 atom stereocenters. The molecule has 0 aliphatic rings. The number of pyridine rings is 1. The number of carbonyl (C=O) groups is 1. The van der Waals surface area contributed by atoms with Gasteiger partial charge in [0.25, 0.3) is 0 Å². The minimum Gasteiger partial charge on any atom is -0.487 e. The summed E-state index contributed by atoms with van der Waals surface area (Å²) in [6.45, 7) is 0.425. The summed E-state index contributed by atoms with van der Waals surface area (Å²) in [5.74, 6) is -0.0826. The highest BCUT2D eigenvalue weighted by molar-refractivity contribution is 5.66. The van der Waals surface area contributed by atoms with Crippen molar-refractivity contribution in [2.75, 3.05) is 0 Å². The molecule has 6 nitrogen and oxygen atoms in total. The number of nitrogens with zero attached hydrogens (tertiary/aromatic N) is 2. The number of hydrogen-bond acceptors (Lipinski definition) is 4. The molecule has 3 rings (SSSR count). The van der Waals surface area contributed by atoms with Gasteiger partial charge in [-0.15, -0.1) is 0 Å². The lowest BCUT2D eigenvalue weighted by Crippen LogP contribution is -2.02. The smallest absolute Gasteiger partial charge is 0.303 e. The van der Waals surface area contributed by atoms with E-state index in [4.69, 9.17) is 9.84 Å². The quantitative estimate of drug-likeness (QED) is 0.657. The van der Waals surface area contributed by atoms with Crippen molar-refractivity contribution in [3.8, 4) is 17.1 Å². The van der Waals surface area contributed by atoms with Gasteiger partial charge < -0.3 is 9.84 Å². The summed E-state index contributed by atoms with van der Waals surface area (Å²) < 4.78 is 5.83. The third kappa shape index (κ3) is 4.67. The third-order valence-corrected chi connectivity index (χ3v) is 3.86. The Morgan fingerprint density at radius 3 is 2.64 bits per heavy atom. The van der Waals surface area contributed by atoms with E-state index >= 15 is 0 Å². The van der Waals surface area contributed by atoms with Gasteiger partial charge in [0.05, 0.1) is 17.6 Å². The van der Waals surface area contributed by atoms with Crippen molar-refractivity contribution in [2.45, 2.75) is 25.9 Å². The third-order valence-electron chi connectivity index (χ3n) is 3.86. The lowest BCUT2D eigenvalue weighted by atomic mass is 10.0. The number of nitrogens with one attached hydrogen (secondary N) is 1. The summed E-state index contributed by atoms with van der Waals surface area (Å²) in [4.78, 5) is 15.0. The van der Waals surface area contributed by atoms with Crippen LogP contribution in [-0.2, 0) is 17.8 Å². The van der Waals surface area contributed by atoms with E-state index in [2.05, 4.69) is 15.2 Å². The number of carboxylic acid groups (broad SMARTS) is 1. The van der Waals surface area contributed by atoms with Gasteiger partial charge in [-0.3, -0.25) is 14.9 Å². The van der Waals surface area contributed by atoms with Crippen LogP contribution in [0.1, 0.15) is 24.0 Å². The first-order valence-electron chi connectivity index (χ1n) is 8.09. The fourth-order valence-electron chi connectivity index (χ4n) is 2.56. The van der Waals surface area contributed by atoms with E-state index < -0.39 is 5.97 Å². The molecule has 1 aromatic carbocycles. The lowest BCUT2D eigenvalue weighted by molar-refractivity contribution is -0.137. The van der Waals surface area contributed by atoms with Gasteiger partial charge >= 0.3 is 5.97 Å². The summed E-state index contributed by atoms with van der Waals surface area (Å²) in [5, 5.41) is 15.5. The fourth-order valence-corrected chi connectivity index (χ4v) is 2.56.